The third-order valence-electron chi connectivity index (χ3n) is 3.33. The fourth-order valence-corrected chi connectivity index (χ4v) is 2.21. The summed E-state index contributed by atoms with van der Waals surface area (Å²) in [7, 11) is 0. The highest BCUT2D eigenvalue weighted by Gasteiger charge is 2.27. The van der Waals surface area contributed by atoms with Crippen LogP contribution in [0.4, 0.5) is 0 Å². The van der Waals surface area contributed by atoms with E-state index >= 15 is 0 Å². The maximum absolute atomic E-state index is 4.52. The number of hydrogen-bond donors (Lipinski definition) is 0. The molecule has 2 heteroatoms. The van der Waals surface area contributed by atoms with Gasteiger partial charge in [-0.25, -0.2) is 4.98 Å². The fraction of sp³-hybridized carbons (Fsp3) is 0.357. The van der Waals surface area contributed by atoms with E-state index < -0.39 is 0 Å². The summed E-state index contributed by atoms with van der Waals surface area (Å²) in [5, 5.41) is 0. The van der Waals surface area contributed by atoms with Crippen molar-refractivity contribution in [1.82, 2.24) is 9.55 Å². The van der Waals surface area contributed by atoms with Gasteiger partial charge < -0.3 is 4.57 Å². The molecule has 0 radical (unpaired) electrons. The Morgan fingerprint density at radius 3 is 2.69 bits per heavy atom. The van der Waals surface area contributed by atoms with E-state index in [-0.39, 0.29) is 0 Å². The van der Waals surface area contributed by atoms with E-state index in [4.69, 9.17) is 0 Å². The Balaban J connectivity index is 1.94. The van der Waals surface area contributed by atoms with Crippen molar-refractivity contribution in [2.45, 2.75) is 31.7 Å². The van der Waals surface area contributed by atoms with Crippen LogP contribution in [0.1, 0.15) is 43.1 Å². The number of nitrogens with zero attached hydrogens (tertiary/aromatic N) is 2. The van der Waals surface area contributed by atoms with Gasteiger partial charge >= 0.3 is 0 Å². The Morgan fingerprint density at radius 1 is 1.25 bits per heavy atom. The normalized spacial score (nSPS) is 17.3. The van der Waals surface area contributed by atoms with Gasteiger partial charge in [0.05, 0.1) is 0 Å². The third-order valence-corrected chi connectivity index (χ3v) is 3.33. The summed E-state index contributed by atoms with van der Waals surface area (Å²) in [5.41, 5.74) is 1.34. The first-order valence-electron chi connectivity index (χ1n) is 5.94. The van der Waals surface area contributed by atoms with Crippen molar-refractivity contribution < 1.29 is 0 Å². The molecule has 0 N–H and O–H groups in total. The van der Waals surface area contributed by atoms with E-state index in [0.29, 0.717) is 12.0 Å². The highest BCUT2D eigenvalue weighted by atomic mass is 15.1. The molecule has 1 unspecified atom stereocenters. The van der Waals surface area contributed by atoms with E-state index in [0.717, 1.165) is 0 Å². The monoisotopic (exact) mass is 212 g/mol. The number of hydrogen-bond acceptors (Lipinski definition) is 1. The molecule has 1 aromatic carbocycles. The van der Waals surface area contributed by atoms with Crippen LogP contribution < -0.4 is 0 Å². The Morgan fingerprint density at radius 2 is 2.00 bits per heavy atom. The van der Waals surface area contributed by atoms with Crippen LogP contribution in [-0.4, -0.2) is 9.55 Å². The topological polar surface area (TPSA) is 17.8 Å². The van der Waals surface area contributed by atoms with Crippen LogP contribution in [0.5, 0.6) is 0 Å². The molecule has 0 amide bonds. The summed E-state index contributed by atoms with van der Waals surface area (Å²) in [5.74, 6) is 1.59. The second kappa shape index (κ2) is 3.78. The number of imidazole rings is 1. The van der Waals surface area contributed by atoms with Crippen molar-refractivity contribution in [3.63, 3.8) is 0 Å². The Kier molecular flexibility index (Phi) is 2.28. The second-order valence-electron chi connectivity index (χ2n) is 4.56. The van der Waals surface area contributed by atoms with Crippen molar-refractivity contribution in [3.8, 4) is 0 Å². The van der Waals surface area contributed by atoms with E-state index in [1.54, 1.807) is 0 Å². The average Bonchev–Trinajstić information content (AvgIpc) is 3.07. The Labute approximate surface area is 95.9 Å². The van der Waals surface area contributed by atoms with Crippen molar-refractivity contribution >= 4 is 0 Å². The predicted molar refractivity (Wildman–Crippen MR) is 64.5 cm³/mol. The second-order valence-corrected chi connectivity index (χ2v) is 4.56. The molecule has 1 heterocycles. The maximum Gasteiger partial charge on any atom is 0.116 e. The van der Waals surface area contributed by atoms with Gasteiger partial charge in [0.2, 0.25) is 0 Å². The average molecular weight is 212 g/mol. The van der Waals surface area contributed by atoms with Gasteiger partial charge in [-0.15, -0.1) is 0 Å². The van der Waals surface area contributed by atoms with Crippen molar-refractivity contribution in [2.24, 2.45) is 0 Å². The Hall–Kier alpha value is -1.57. The van der Waals surface area contributed by atoms with Crippen LogP contribution in [0.3, 0.4) is 0 Å². The van der Waals surface area contributed by atoms with Crippen molar-refractivity contribution in [2.75, 3.05) is 0 Å². The lowest BCUT2D eigenvalue weighted by Crippen LogP contribution is -2.06. The predicted octanol–water partition coefficient (Wildman–Crippen LogP) is 3.37. The van der Waals surface area contributed by atoms with Gasteiger partial charge in [0.25, 0.3) is 0 Å². The van der Waals surface area contributed by atoms with Gasteiger partial charge in [0.1, 0.15) is 5.82 Å². The lowest BCUT2D eigenvalue weighted by Gasteiger charge is -2.13. The van der Waals surface area contributed by atoms with Gasteiger partial charge in [-0.05, 0) is 18.4 Å². The third kappa shape index (κ3) is 1.64. The molecule has 1 saturated carbocycles. The summed E-state index contributed by atoms with van der Waals surface area (Å²) in [6, 6.07) is 11.3. The molecule has 2 aromatic rings. The minimum atomic E-state index is 0.386. The zero-order chi connectivity index (χ0) is 11.0. The van der Waals surface area contributed by atoms with Crippen LogP contribution in [0, 0.1) is 0 Å². The summed E-state index contributed by atoms with van der Waals surface area (Å²) in [6.07, 6.45) is 6.66. The zero-order valence-electron chi connectivity index (χ0n) is 9.50. The van der Waals surface area contributed by atoms with Gasteiger partial charge in [0, 0.05) is 24.4 Å². The van der Waals surface area contributed by atoms with E-state index in [9.17, 15) is 0 Å². The lowest BCUT2D eigenvalue weighted by atomic mass is 10.0. The van der Waals surface area contributed by atoms with E-state index in [1.165, 1.54) is 24.2 Å². The highest BCUT2D eigenvalue weighted by Crippen LogP contribution is 2.37. The van der Waals surface area contributed by atoms with Gasteiger partial charge in [-0.3, -0.25) is 0 Å². The number of aromatic nitrogens is 2. The van der Waals surface area contributed by atoms with Crippen LogP contribution in [0.2, 0.25) is 0 Å². The minimum Gasteiger partial charge on any atom is -0.331 e. The largest absolute Gasteiger partial charge is 0.331 e. The molecule has 2 nitrogen and oxygen atoms in total. The SMILES string of the molecule is CC(c1ccccc1)c1nccn1C1CC1. The summed E-state index contributed by atoms with van der Waals surface area (Å²) in [4.78, 5) is 4.52. The molecule has 1 aliphatic rings. The molecule has 0 bridgehead atoms. The standard InChI is InChI=1S/C14H16N2/c1-11(12-5-3-2-4-6-12)14-15-9-10-16(14)13-7-8-13/h2-6,9-11,13H,7-8H2,1H3. The minimum absolute atomic E-state index is 0.386. The van der Waals surface area contributed by atoms with Crippen molar-refractivity contribution in [3.05, 3.63) is 54.1 Å². The molecular formula is C14H16N2. The summed E-state index contributed by atoms with van der Waals surface area (Å²) >= 11 is 0. The molecule has 1 atom stereocenters. The highest BCUT2D eigenvalue weighted by molar-refractivity contribution is 5.25. The molecule has 16 heavy (non-hydrogen) atoms. The van der Waals surface area contributed by atoms with Crippen molar-refractivity contribution in [1.29, 1.82) is 0 Å². The first-order valence-corrected chi connectivity index (χ1v) is 5.94. The summed E-state index contributed by atoms with van der Waals surface area (Å²) < 4.78 is 2.34. The van der Waals surface area contributed by atoms with E-state index in [1.807, 2.05) is 6.20 Å². The van der Waals surface area contributed by atoms with Crippen LogP contribution in [0.25, 0.3) is 0 Å². The molecule has 0 aliphatic heterocycles. The molecular weight excluding hydrogens is 196 g/mol. The van der Waals surface area contributed by atoms with Gasteiger partial charge in [0.15, 0.2) is 0 Å². The molecule has 0 saturated heterocycles. The van der Waals surface area contributed by atoms with Crippen LogP contribution >= 0.6 is 0 Å². The number of benzene rings is 1. The van der Waals surface area contributed by atoms with Crippen LogP contribution in [-0.2, 0) is 0 Å². The first kappa shape index (κ1) is 9.64. The maximum atomic E-state index is 4.52. The molecule has 82 valence electrons. The Bertz CT molecular complexity index is 468. The first-order chi connectivity index (χ1) is 7.86. The van der Waals surface area contributed by atoms with E-state index in [2.05, 4.69) is 53.0 Å². The quantitative estimate of drug-likeness (QED) is 0.762. The lowest BCUT2D eigenvalue weighted by molar-refractivity contribution is 0.655. The number of rotatable bonds is 3. The van der Waals surface area contributed by atoms with Gasteiger partial charge in [-0.2, -0.15) is 0 Å². The van der Waals surface area contributed by atoms with Crippen LogP contribution in [0.15, 0.2) is 42.7 Å². The smallest absolute Gasteiger partial charge is 0.116 e. The molecule has 1 aliphatic carbocycles. The molecule has 1 fully saturated rings. The summed E-state index contributed by atoms with van der Waals surface area (Å²) in [6.45, 7) is 2.23. The zero-order valence-corrected chi connectivity index (χ0v) is 9.50. The molecule has 3 rings (SSSR count). The van der Waals surface area contributed by atoms with Gasteiger partial charge in [-0.1, -0.05) is 37.3 Å². The molecule has 1 aromatic heterocycles. The fourth-order valence-electron chi connectivity index (χ4n) is 2.21. The molecule has 0 spiro atoms.